The summed E-state index contributed by atoms with van der Waals surface area (Å²) in [6.45, 7) is 0. The van der Waals surface area contributed by atoms with Gasteiger partial charge in [0.25, 0.3) is 0 Å². The summed E-state index contributed by atoms with van der Waals surface area (Å²) in [5, 5.41) is 13.1. The van der Waals surface area contributed by atoms with Gasteiger partial charge in [0, 0.05) is 115 Å². The zero-order chi connectivity index (χ0) is 41.9. The van der Waals surface area contributed by atoms with Crippen LogP contribution >= 0.6 is 45.3 Å². The minimum atomic E-state index is 1.14. The highest BCUT2D eigenvalue weighted by Gasteiger charge is 2.21. The largest absolute Gasteiger partial charge is 0.310 e. The zero-order valence-corrected chi connectivity index (χ0v) is 37.4. The van der Waals surface area contributed by atoms with E-state index in [1.165, 1.54) is 91.5 Å². The van der Waals surface area contributed by atoms with Crippen LogP contribution in [0.2, 0.25) is 0 Å². The highest BCUT2D eigenvalue weighted by molar-refractivity contribution is 7.27. The van der Waals surface area contributed by atoms with Crippen molar-refractivity contribution in [2.24, 2.45) is 0 Å². The molecular formula is C58H34N2S4. The average molecular weight is 887 g/mol. The predicted molar refractivity (Wildman–Crippen MR) is 285 cm³/mol. The smallest absolute Gasteiger partial charge is 0.0476 e. The first-order chi connectivity index (χ1) is 31.7. The van der Waals surface area contributed by atoms with Crippen LogP contribution in [0.5, 0.6) is 0 Å². The average Bonchev–Trinajstić information content (AvgIpc) is 4.12. The maximum absolute atomic E-state index is 2.43. The molecule has 10 aromatic carbocycles. The van der Waals surface area contributed by atoms with Crippen LogP contribution in [-0.2, 0) is 0 Å². The van der Waals surface area contributed by atoms with Crippen LogP contribution in [-0.4, -0.2) is 0 Å². The molecule has 300 valence electrons. The molecule has 0 atom stereocenters. The van der Waals surface area contributed by atoms with Gasteiger partial charge in [-0.2, -0.15) is 0 Å². The molecule has 2 nitrogen and oxygen atoms in total. The molecule has 0 saturated carbocycles. The van der Waals surface area contributed by atoms with Gasteiger partial charge < -0.3 is 9.80 Å². The molecule has 0 radical (unpaired) electrons. The lowest BCUT2D eigenvalue weighted by atomic mass is 9.99. The lowest BCUT2D eigenvalue weighted by Gasteiger charge is -2.25. The molecule has 0 aliphatic heterocycles. The molecule has 0 aliphatic carbocycles. The van der Waals surface area contributed by atoms with Crippen LogP contribution in [0.4, 0.5) is 34.1 Å². The minimum Gasteiger partial charge on any atom is -0.310 e. The summed E-state index contributed by atoms with van der Waals surface area (Å²) < 4.78 is 10.5. The Morgan fingerprint density at radius 1 is 0.203 bits per heavy atom. The zero-order valence-electron chi connectivity index (χ0n) is 34.2. The van der Waals surface area contributed by atoms with Crippen LogP contribution in [0.3, 0.4) is 0 Å². The van der Waals surface area contributed by atoms with Gasteiger partial charge in [-0.25, -0.2) is 0 Å². The lowest BCUT2D eigenvalue weighted by Crippen LogP contribution is -2.09. The van der Waals surface area contributed by atoms with Gasteiger partial charge in [-0.05, 0) is 120 Å². The van der Waals surface area contributed by atoms with Crippen molar-refractivity contribution < 1.29 is 0 Å². The SMILES string of the molecule is c1ccc(N(c2ccc3c(c2)sc2ccccc23)c2ccc3sc4ccc5c(ccc6sc7ccc(N(c8ccccc8)c8ccc9c(c8)sc8ccccc89)cc7c65)c4c3c2)cc1. The Labute approximate surface area is 384 Å². The van der Waals surface area contributed by atoms with Crippen LogP contribution in [0.25, 0.3) is 91.5 Å². The number of hydrogen-bond donors (Lipinski definition) is 0. The van der Waals surface area contributed by atoms with E-state index in [2.05, 4.69) is 216 Å². The topological polar surface area (TPSA) is 6.48 Å². The molecule has 0 N–H and O–H groups in total. The van der Waals surface area contributed by atoms with Gasteiger partial charge in [-0.15, -0.1) is 45.3 Å². The molecule has 0 saturated heterocycles. The van der Waals surface area contributed by atoms with Gasteiger partial charge in [0.2, 0.25) is 0 Å². The van der Waals surface area contributed by atoms with Gasteiger partial charge >= 0.3 is 0 Å². The van der Waals surface area contributed by atoms with E-state index in [1.807, 2.05) is 45.3 Å². The third kappa shape index (κ3) is 5.60. The van der Waals surface area contributed by atoms with E-state index in [4.69, 9.17) is 0 Å². The molecule has 4 aromatic heterocycles. The number of nitrogens with zero attached hydrogens (tertiary/aromatic N) is 2. The summed E-state index contributed by atoms with van der Waals surface area (Å²) >= 11 is 7.51. The van der Waals surface area contributed by atoms with Gasteiger partial charge in [-0.3, -0.25) is 0 Å². The fourth-order valence-electron chi connectivity index (χ4n) is 9.97. The second-order valence-electron chi connectivity index (χ2n) is 16.4. The molecule has 0 aliphatic rings. The maximum Gasteiger partial charge on any atom is 0.0476 e. The molecule has 64 heavy (non-hydrogen) atoms. The fourth-order valence-corrected chi connectivity index (χ4v) is 14.4. The van der Waals surface area contributed by atoms with Crippen LogP contribution in [0.15, 0.2) is 206 Å². The monoisotopic (exact) mass is 886 g/mol. The fraction of sp³-hybridized carbons (Fsp3) is 0. The molecule has 14 rings (SSSR count). The molecule has 14 aromatic rings. The van der Waals surface area contributed by atoms with Gasteiger partial charge in [-0.1, -0.05) is 97.1 Å². The van der Waals surface area contributed by atoms with E-state index < -0.39 is 0 Å². The molecule has 0 bridgehead atoms. The van der Waals surface area contributed by atoms with Crippen molar-refractivity contribution in [1.29, 1.82) is 0 Å². The van der Waals surface area contributed by atoms with Crippen molar-refractivity contribution in [2.75, 3.05) is 9.80 Å². The van der Waals surface area contributed by atoms with Crippen LogP contribution in [0, 0.1) is 0 Å². The maximum atomic E-state index is 2.43. The van der Waals surface area contributed by atoms with Crippen molar-refractivity contribution in [2.45, 2.75) is 0 Å². The number of benzene rings is 10. The Morgan fingerprint density at radius 3 is 1.00 bits per heavy atom. The normalized spacial score (nSPS) is 12.1. The van der Waals surface area contributed by atoms with E-state index >= 15 is 0 Å². The number of hydrogen-bond acceptors (Lipinski definition) is 6. The number of para-hydroxylation sites is 2. The predicted octanol–water partition coefficient (Wildman–Crippen LogP) is 19.3. The molecule has 0 amide bonds. The van der Waals surface area contributed by atoms with E-state index in [-0.39, 0.29) is 0 Å². The summed E-state index contributed by atoms with van der Waals surface area (Å²) in [4.78, 5) is 4.84. The van der Waals surface area contributed by atoms with Crippen molar-refractivity contribution in [1.82, 2.24) is 0 Å². The van der Waals surface area contributed by atoms with Crippen molar-refractivity contribution in [3.63, 3.8) is 0 Å². The van der Waals surface area contributed by atoms with Crippen molar-refractivity contribution in [3.8, 4) is 0 Å². The molecule has 0 spiro atoms. The first kappa shape index (κ1) is 36.4. The van der Waals surface area contributed by atoms with Crippen LogP contribution < -0.4 is 9.80 Å². The summed E-state index contributed by atoms with van der Waals surface area (Å²) in [6, 6.07) is 76.6. The Hall–Kier alpha value is -7.06. The Balaban J connectivity index is 0.945. The molecule has 0 fully saturated rings. The van der Waals surface area contributed by atoms with Crippen molar-refractivity contribution in [3.05, 3.63) is 206 Å². The first-order valence-electron chi connectivity index (χ1n) is 21.5. The quantitative estimate of drug-likeness (QED) is 0.164. The van der Waals surface area contributed by atoms with E-state index in [0.29, 0.717) is 0 Å². The molecule has 6 heteroatoms. The third-order valence-electron chi connectivity index (χ3n) is 12.8. The Kier molecular flexibility index (Phi) is 8.10. The van der Waals surface area contributed by atoms with Gasteiger partial charge in [0.05, 0.1) is 0 Å². The van der Waals surface area contributed by atoms with Gasteiger partial charge in [0.1, 0.15) is 0 Å². The second kappa shape index (κ2) is 14.2. The standard InChI is InChI=1S/C58H34N2S4/c1-3-11-35(12-4-1)59(39-19-23-43-41-15-7-9-17-49(41)63-55(43)33-39)37-21-27-51-47(31-37)57-45-25-30-54-58(46(45)26-29-53(57)61-51)48-32-38(22-28-52(48)62-54)60(36-13-5-2-6-14-36)40-20-24-44-42-16-8-10-18-50(42)64-56(44)34-40/h1-34H. The molecule has 4 heterocycles. The highest BCUT2D eigenvalue weighted by atomic mass is 32.1. The van der Waals surface area contributed by atoms with E-state index in [1.54, 1.807) is 0 Å². The van der Waals surface area contributed by atoms with Crippen molar-refractivity contribution >= 4 is 171 Å². The lowest BCUT2D eigenvalue weighted by molar-refractivity contribution is 1.30. The summed E-state index contributed by atoms with van der Waals surface area (Å²) in [7, 11) is 0. The van der Waals surface area contributed by atoms with E-state index in [0.717, 1.165) is 34.1 Å². The Bertz CT molecular complexity index is 3890. The summed E-state index contributed by atoms with van der Waals surface area (Å²) in [5.74, 6) is 0. The summed E-state index contributed by atoms with van der Waals surface area (Å²) in [6.07, 6.45) is 0. The summed E-state index contributed by atoms with van der Waals surface area (Å²) in [5.41, 5.74) is 6.90. The minimum absolute atomic E-state index is 1.14. The number of anilines is 6. The van der Waals surface area contributed by atoms with E-state index in [9.17, 15) is 0 Å². The molecular weight excluding hydrogens is 853 g/mol. The van der Waals surface area contributed by atoms with Gasteiger partial charge in [0.15, 0.2) is 0 Å². The Morgan fingerprint density at radius 2 is 0.531 bits per heavy atom. The number of rotatable bonds is 6. The molecule has 0 unspecified atom stereocenters. The van der Waals surface area contributed by atoms with Crippen LogP contribution in [0.1, 0.15) is 0 Å². The highest BCUT2D eigenvalue weighted by Crippen LogP contribution is 2.48. The second-order valence-corrected chi connectivity index (χ2v) is 20.8. The third-order valence-corrected chi connectivity index (χ3v) is 17.4. The number of fused-ring (bicyclic) bond motifs is 15. The number of thiophene rings is 4. The first-order valence-corrected chi connectivity index (χ1v) is 24.7.